The Morgan fingerprint density at radius 1 is 1.16 bits per heavy atom. The van der Waals surface area contributed by atoms with Crippen LogP contribution in [0, 0.1) is 0 Å². The fourth-order valence-electron chi connectivity index (χ4n) is 3.01. The Labute approximate surface area is 151 Å². The van der Waals surface area contributed by atoms with E-state index >= 15 is 0 Å². The lowest BCUT2D eigenvalue weighted by atomic mass is 9.85. The van der Waals surface area contributed by atoms with Crippen LogP contribution in [-0.4, -0.2) is 49.5 Å². The number of hydrogen-bond donors (Lipinski definition) is 2. The van der Waals surface area contributed by atoms with Gasteiger partial charge < -0.3 is 15.5 Å². The number of nitrogens with zero attached hydrogens (tertiary/aromatic N) is 2. The highest BCUT2D eigenvalue weighted by Gasteiger charge is 2.20. The molecule has 0 bridgehead atoms. The highest BCUT2D eigenvalue weighted by molar-refractivity contribution is 5.81. The third-order valence-electron chi connectivity index (χ3n) is 4.62. The molecule has 0 unspecified atom stereocenters. The Morgan fingerprint density at radius 3 is 2.48 bits per heavy atom. The van der Waals surface area contributed by atoms with Crippen molar-refractivity contribution in [2.24, 2.45) is 4.99 Å². The predicted molar refractivity (Wildman–Crippen MR) is 104 cm³/mol. The zero-order valence-corrected chi connectivity index (χ0v) is 15.8. The summed E-state index contributed by atoms with van der Waals surface area (Å²) in [5.41, 5.74) is 1.24. The van der Waals surface area contributed by atoms with Gasteiger partial charge in [0.15, 0.2) is 5.96 Å². The molecule has 0 saturated carbocycles. The molecule has 2 rings (SSSR count). The van der Waals surface area contributed by atoms with E-state index in [0.717, 1.165) is 38.4 Å². The van der Waals surface area contributed by atoms with Crippen LogP contribution in [0.4, 0.5) is 0 Å². The zero-order valence-electron chi connectivity index (χ0n) is 15.8. The molecule has 1 fully saturated rings. The molecule has 1 aromatic carbocycles. The van der Waals surface area contributed by atoms with E-state index in [-0.39, 0.29) is 11.3 Å². The number of rotatable bonds is 7. The van der Waals surface area contributed by atoms with Gasteiger partial charge in [-0.05, 0) is 25.3 Å². The second kappa shape index (κ2) is 9.44. The highest BCUT2D eigenvalue weighted by Crippen LogP contribution is 2.22. The molecule has 1 amide bonds. The van der Waals surface area contributed by atoms with Gasteiger partial charge in [0.25, 0.3) is 0 Å². The molecule has 0 radical (unpaired) electrons. The van der Waals surface area contributed by atoms with Crippen LogP contribution in [0.1, 0.15) is 45.6 Å². The van der Waals surface area contributed by atoms with Crippen LogP contribution in [0.15, 0.2) is 35.3 Å². The van der Waals surface area contributed by atoms with E-state index < -0.39 is 0 Å². The number of amides is 1. The van der Waals surface area contributed by atoms with E-state index in [9.17, 15) is 4.79 Å². The lowest BCUT2D eigenvalue weighted by molar-refractivity contribution is -0.129. The number of aliphatic imine (C=N–C) groups is 1. The predicted octanol–water partition coefficient (Wildman–Crippen LogP) is 2.53. The largest absolute Gasteiger partial charge is 0.357 e. The Hall–Kier alpha value is -2.04. The first-order valence-corrected chi connectivity index (χ1v) is 9.38. The zero-order chi connectivity index (χ0) is 18.1. The Balaban J connectivity index is 1.86. The van der Waals surface area contributed by atoms with Crippen molar-refractivity contribution in [1.82, 2.24) is 15.5 Å². The standard InChI is InChI=1S/C20H32N4O/c1-4-21-19(22-13-12-18(25)24-14-8-9-15-24)23-16-20(2,3)17-10-6-5-7-11-17/h5-7,10-11H,4,8-9,12-16H2,1-3H3,(H2,21,22,23). The number of benzene rings is 1. The van der Waals surface area contributed by atoms with E-state index in [4.69, 9.17) is 4.99 Å². The summed E-state index contributed by atoms with van der Waals surface area (Å²) < 4.78 is 0. The van der Waals surface area contributed by atoms with Crippen molar-refractivity contribution in [2.45, 2.75) is 45.4 Å². The van der Waals surface area contributed by atoms with Gasteiger partial charge in [0.2, 0.25) is 5.91 Å². The summed E-state index contributed by atoms with van der Waals surface area (Å²) in [6, 6.07) is 10.4. The van der Waals surface area contributed by atoms with Crippen LogP contribution >= 0.6 is 0 Å². The molecule has 138 valence electrons. The summed E-state index contributed by atoms with van der Waals surface area (Å²) in [5.74, 6) is 1.02. The van der Waals surface area contributed by atoms with E-state index in [2.05, 4.69) is 55.7 Å². The van der Waals surface area contributed by atoms with Gasteiger partial charge in [0.1, 0.15) is 0 Å². The smallest absolute Gasteiger partial charge is 0.224 e. The Bertz CT molecular complexity index is 562. The number of carbonyl (C=O) groups is 1. The molecular formula is C20H32N4O. The lowest BCUT2D eigenvalue weighted by Gasteiger charge is -2.24. The fraction of sp³-hybridized carbons (Fsp3) is 0.600. The van der Waals surface area contributed by atoms with Crippen molar-refractivity contribution in [3.05, 3.63) is 35.9 Å². The first-order chi connectivity index (χ1) is 12.0. The maximum absolute atomic E-state index is 12.1. The minimum absolute atomic E-state index is 0.0328. The molecule has 2 N–H and O–H groups in total. The molecule has 0 aliphatic carbocycles. The number of nitrogens with one attached hydrogen (secondary N) is 2. The Morgan fingerprint density at radius 2 is 1.84 bits per heavy atom. The van der Waals surface area contributed by atoms with Gasteiger partial charge in [0, 0.05) is 38.0 Å². The van der Waals surface area contributed by atoms with Crippen LogP contribution < -0.4 is 10.6 Å². The summed E-state index contributed by atoms with van der Waals surface area (Å²) in [5, 5.41) is 6.55. The van der Waals surface area contributed by atoms with Gasteiger partial charge in [-0.1, -0.05) is 44.2 Å². The Kier molecular flexibility index (Phi) is 7.29. The molecule has 1 saturated heterocycles. The summed E-state index contributed by atoms with van der Waals surface area (Å²) in [4.78, 5) is 18.8. The van der Waals surface area contributed by atoms with Crippen LogP contribution in [0.2, 0.25) is 0 Å². The van der Waals surface area contributed by atoms with E-state index in [1.165, 1.54) is 5.56 Å². The summed E-state index contributed by atoms with van der Waals surface area (Å²) in [6.45, 7) is 10.4. The summed E-state index contributed by atoms with van der Waals surface area (Å²) in [6.07, 6.45) is 2.79. The SMILES string of the molecule is CCNC(=NCC(C)(C)c1ccccc1)NCCC(=O)N1CCCC1. The second-order valence-electron chi connectivity index (χ2n) is 7.21. The summed E-state index contributed by atoms with van der Waals surface area (Å²) in [7, 11) is 0. The molecule has 1 aromatic rings. The van der Waals surface area contributed by atoms with E-state index in [0.29, 0.717) is 19.5 Å². The molecular weight excluding hydrogens is 312 g/mol. The highest BCUT2D eigenvalue weighted by atomic mass is 16.2. The van der Waals surface area contributed by atoms with Crippen LogP contribution in [-0.2, 0) is 10.2 Å². The lowest BCUT2D eigenvalue weighted by Crippen LogP contribution is -2.40. The maximum atomic E-state index is 12.1. The van der Waals surface area contributed by atoms with Crippen LogP contribution in [0.5, 0.6) is 0 Å². The van der Waals surface area contributed by atoms with Gasteiger partial charge >= 0.3 is 0 Å². The topological polar surface area (TPSA) is 56.7 Å². The molecule has 25 heavy (non-hydrogen) atoms. The van der Waals surface area contributed by atoms with Crippen molar-refractivity contribution >= 4 is 11.9 Å². The molecule has 5 nitrogen and oxygen atoms in total. The number of guanidine groups is 1. The number of likely N-dealkylation sites (tertiary alicyclic amines) is 1. The van der Waals surface area contributed by atoms with Crippen molar-refractivity contribution in [2.75, 3.05) is 32.7 Å². The minimum atomic E-state index is -0.0328. The monoisotopic (exact) mass is 344 g/mol. The van der Waals surface area contributed by atoms with Crippen molar-refractivity contribution in [3.63, 3.8) is 0 Å². The minimum Gasteiger partial charge on any atom is -0.357 e. The van der Waals surface area contributed by atoms with Crippen LogP contribution in [0.25, 0.3) is 0 Å². The average Bonchev–Trinajstić information content (AvgIpc) is 3.15. The van der Waals surface area contributed by atoms with E-state index in [1.807, 2.05) is 11.0 Å². The fourth-order valence-corrected chi connectivity index (χ4v) is 3.01. The third-order valence-corrected chi connectivity index (χ3v) is 4.62. The molecule has 0 spiro atoms. The molecule has 1 heterocycles. The quantitative estimate of drug-likeness (QED) is 0.590. The van der Waals surface area contributed by atoms with Gasteiger partial charge in [-0.3, -0.25) is 9.79 Å². The van der Waals surface area contributed by atoms with Crippen LogP contribution in [0.3, 0.4) is 0 Å². The van der Waals surface area contributed by atoms with E-state index in [1.54, 1.807) is 0 Å². The molecule has 0 atom stereocenters. The molecule has 1 aliphatic rings. The molecule has 5 heteroatoms. The van der Waals surface area contributed by atoms with Gasteiger partial charge in [-0.25, -0.2) is 0 Å². The first-order valence-electron chi connectivity index (χ1n) is 9.38. The second-order valence-corrected chi connectivity index (χ2v) is 7.21. The maximum Gasteiger partial charge on any atom is 0.224 e. The molecule has 1 aliphatic heterocycles. The summed E-state index contributed by atoms with van der Waals surface area (Å²) >= 11 is 0. The average molecular weight is 345 g/mol. The third kappa shape index (κ3) is 6.07. The van der Waals surface area contributed by atoms with Crippen molar-refractivity contribution in [1.29, 1.82) is 0 Å². The molecule has 0 aromatic heterocycles. The van der Waals surface area contributed by atoms with Crippen molar-refractivity contribution in [3.8, 4) is 0 Å². The number of carbonyl (C=O) groups excluding carboxylic acids is 1. The first kappa shape index (κ1) is 19.3. The van der Waals surface area contributed by atoms with Gasteiger partial charge in [-0.2, -0.15) is 0 Å². The van der Waals surface area contributed by atoms with Crippen molar-refractivity contribution < 1.29 is 4.79 Å². The normalized spacial score (nSPS) is 15.3. The van der Waals surface area contributed by atoms with Gasteiger partial charge in [0.05, 0.1) is 6.54 Å². The number of hydrogen-bond acceptors (Lipinski definition) is 2. The van der Waals surface area contributed by atoms with Gasteiger partial charge in [-0.15, -0.1) is 0 Å².